The van der Waals surface area contributed by atoms with Crippen molar-refractivity contribution in [1.82, 2.24) is 4.31 Å². The number of hydrogen-bond acceptors (Lipinski definition) is 2. The highest BCUT2D eigenvalue weighted by Gasteiger charge is 2.49. The number of rotatable bonds is 2. The molecule has 3 nitrogen and oxygen atoms in total. The van der Waals surface area contributed by atoms with Crippen LogP contribution >= 0.6 is 0 Å². The number of hydrogen-bond donors (Lipinski definition) is 0. The summed E-state index contributed by atoms with van der Waals surface area (Å²) in [6.07, 6.45) is 4.88. The Morgan fingerprint density at radius 2 is 1.68 bits per heavy atom. The second-order valence-corrected chi connectivity index (χ2v) is 8.21. The van der Waals surface area contributed by atoms with E-state index in [1.807, 2.05) is 6.07 Å². The lowest BCUT2D eigenvalue weighted by molar-refractivity contribution is 0.0178. The van der Waals surface area contributed by atoms with E-state index in [0.29, 0.717) is 4.90 Å². The Hall–Kier alpha value is -0.870. The van der Waals surface area contributed by atoms with Crippen molar-refractivity contribution in [2.45, 2.75) is 37.5 Å². The van der Waals surface area contributed by atoms with Gasteiger partial charge in [-0.2, -0.15) is 4.31 Å². The highest BCUT2D eigenvalue weighted by Crippen LogP contribution is 2.47. The van der Waals surface area contributed by atoms with Gasteiger partial charge in [0.25, 0.3) is 0 Å². The summed E-state index contributed by atoms with van der Waals surface area (Å²) in [5, 5.41) is 0. The minimum absolute atomic E-state index is 0.286. The first-order valence-electron chi connectivity index (χ1n) is 7.07. The van der Waals surface area contributed by atoms with Crippen LogP contribution in [0.15, 0.2) is 35.2 Å². The van der Waals surface area contributed by atoms with E-state index in [0.717, 1.165) is 19.0 Å². The summed E-state index contributed by atoms with van der Waals surface area (Å²) >= 11 is 0. The summed E-state index contributed by atoms with van der Waals surface area (Å²) in [6, 6.07) is 8.78. The van der Waals surface area contributed by atoms with Crippen LogP contribution in [0.1, 0.15) is 32.6 Å². The normalized spacial score (nSPS) is 24.3. The molecular formula is C15H21NO2S. The van der Waals surface area contributed by atoms with Crippen LogP contribution in [0.5, 0.6) is 0 Å². The molecule has 19 heavy (non-hydrogen) atoms. The zero-order valence-electron chi connectivity index (χ0n) is 11.4. The largest absolute Gasteiger partial charge is 0.243 e. The van der Waals surface area contributed by atoms with Gasteiger partial charge in [-0.25, -0.2) is 8.42 Å². The maximum atomic E-state index is 12.4. The Morgan fingerprint density at radius 1 is 1.11 bits per heavy atom. The molecule has 4 heteroatoms. The van der Waals surface area contributed by atoms with Crippen LogP contribution in [0.2, 0.25) is 0 Å². The van der Waals surface area contributed by atoms with Crippen molar-refractivity contribution in [2.24, 2.45) is 11.3 Å². The van der Waals surface area contributed by atoms with Crippen molar-refractivity contribution < 1.29 is 8.42 Å². The molecule has 104 valence electrons. The Kier molecular flexibility index (Phi) is 3.18. The van der Waals surface area contributed by atoms with Crippen LogP contribution in [0.3, 0.4) is 0 Å². The lowest BCUT2D eigenvalue weighted by atomic mass is 9.67. The van der Waals surface area contributed by atoms with Gasteiger partial charge in [0.2, 0.25) is 10.0 Å². The fourth-order valence-corrected chi connectivity index (χ4v) is 4.99. The highest BCUT2D eigenvalue weighted by molar-refractivity contribution is 7.89. The van der Waals surface area contributed by atoms with Crippen molar-refractivity contribution in [3.05, 3.63) is 30.3 Å². The summed E-state index contributed by atoms with van der Waals surface area (Å²) in [4.78, 5) is 0.425. The van der Waals surface area contributed by atoms with Crippen LogP contribution in [0.4, 0.5) is 0 Å². The minimum atomic E-state index is -3.26. The van der Waals surface area contributed by atoms with Crippen molar-refractivity contribution in [3.8, 4) is 0 Å². The SMILES string of the molecule is CC1CCC2(CC1)CN(S(=O)(=O)c1ccccc1)C2. The first-order chi connectivity index (χ1) is 9.02. The molecule has 0 unspecified atom stereocenters. The second kappa shape index (κ2) is 4.60. The van der Waals surface area contributed by atoms with Crippen molar-refractivity contribution in [1.29, 1.82) is 0 Å². The number of sulfonamides is 1. The Morgan fingerprint density at radius 3 is 2.26 bits per heavy atom. The minimum Gasteiger partial charge on any atom is -0.207 e. The molecule has 1 heterocycles. The molecule has 0 N–H and O–H groups in total. The van der Waals surface area contributed by atoms with E-state index in [1.54, 1.807) is 28.6 Å². The molecule has 3 rings (SSSR count). The van der Waals surface area contributed by atoms with Crippen molar-refractivity contribution in [2.75, 3.05) is 13.1 Å². The Labute approximate surface area is 115 Å². The van der Waals surface area contributed by atoms with Gasteiger partial charge >= 0.3 is 0 Å². The summed E-state index contributed by atoms with van der Waals surface area (Å²) in [5.74, 6) is 0.811. The molecule has 0 bridgehead atoms. The van der Waals surface area contributed by atoms with Gasteiger partial charge < -0.3 is 0 Å². The van der Waals surface area contributed by atoms with Gasteiger partial charge in [0.1, 0.15) is 0 Å². The standard InChI is InChI=1S/C15H21NO2S/c1-13-7-9-15(10-8-13)11-16(12-15)19(17,18)14-5-3-2-4-6-14/h2-6,13H,7-12H2,1H3. The molecule has 0 radical (unpaired) electrons. The molecule has 1 spiro atoms. The van der Waals surface area contributed by atoms with E-state index in [1.165, 1.54) is 25.7 Å². The summed E-state index contributed by atoms with van der Waals surface area (Å²) in [5.41, 5.74) is 0.286. The fraction of sp³-hybridized carbons (Fsp3) is 0.600. The van der Waals surface area contributed by atoms with E-state index >= 15 is 0 Å². The smallest absolute Gasteiger partial charge is 0.207 e. The molecule has 1 aromatic rings. The monoisotopic (exact) mass is 279 g/mol. The van der Waals surface area contributed by atoms with Gasteiger partial charge in [-0.1, -0.05) is 38.0 Å². The van der Waals surface area contributed by atoms with Crippen molar-refractivity contribution >= 4 is 10.0 Å². The summed E-state index contributed by atoms with van der Waals surface area (Å²) in [7, 11) is -3.26. The predicted octanol–water partition coefficient (Wildman–Crippen LogP) is 2.89. The third-order valence-corrected chi connectivity index (χ3v) is 6.55. The van der Waals surface area contributed by atoms with Crippen LogP contribution in [-0.2, 0) is 10.0 Å². The molecule has 0 aromatic heterocycles. The van der Waals surface area contributed by atoms with Gasteiger partial charge in [-0.3, -0.25) is 0 Å². The molecule has 2 aliphatic rings. The second-order valence-electron chi connectivity index (χ2n) is 6.27. The third kappa shape index (κ3) is 2.32. The average molecular weight is 279 g/mol. The lowest BCUT2D eigenvalue weighted by Crippen LogP contribution is -2.59. The first kappa shape index (κ1) is 13.1. The predicted molar refractivity (Wildman–Crippen MR) is 75.3 cm³/mol. The maximum Gasteiger partial charge on any atom is 0.243 e. The summed E-state index contributed by atoms with van der Waals surface area (Å²) < 4.78 is 26.5. The molecule has 1 saturated heterocycles. The van der Waals surface area contributed by atoms with E-state index in [9.17, 15) is 8.42 Å². The number of benzene rings is 1. The van der Waals surface area contributed by atoms with E-state index in [-0.39, 0.29) is 5.41 Å². The molecule has 2 fully saturated rings. The molecule has 1 saturated carbocycles. The molecule has 0 amide bonds. The summed E-state index contributed by atoms with van der Waals surface area (Å²) in [6.45, 7) is 3.73. The van der Waals surface area contributed by atoms with Gasteiger partial charge in [-0.15, -0.1) is 0 Å². The van der Waals surface area contributed by atoms with Crippen LogP contribution < -0.4 is 0 Å². The van der Waals surface area contributed by atoms with Crippen molar-refractivity contribution in [3.63, 3.8) is 0 Å². The lowest BCUT2D eigenvalue weighted by Gasteiger charge is -2.52. The van der Waals surface area contributed by atoms with Crippen LogP contribution in [0, 0.1) is 11.3 Å². The average Bonchev–Trinajstić information content (AvgIpc) is 2.38. The zero-order chi connectivity index (χ0) is 13.5. The van der Waals surface area contributed by atoms with E-state index in [2.05, 4.69) is 6.92 Å². The highest BCUT2D eigenvalue weighted by atomic mass is 32.2. The third-order valence-electron chi connectivity index (χ3n) is 4.74. The molecule has 1 aromatic carbocycles. The van der Waals surface area contributed by atoms with E-state index in [4.69, 9.17) is 0 Å². The van der Waals surface area contributed by atoms with Gasteiger partial charge in [0, 0.05) is 13.1 Å². The zero-order valence-corrected chi connectivity index (χ0v) is 12.2. The quantitative estimate of drug-likeness (QED) is 0.835. The Bertz CT molecular complexity index is 537. The van der Waals surface area contributed by atoms with E-state index < -0.39 is 10.0 Å². The molecular weight excluding hydrogens is 258 g/mol. The number of nitrogens with zero attached hydrogens (tertiary/aromatic N) is 1. The molecule has 1 aliphatic carbocycles. The topological polar surface area (TPSA) is 37.4 Å². The van der Waals surface area contributed by atoms with Gasteiger partial charge in [0.05, 0.1) is 4.90 Å². The maximum absolute atomic E-state index is 12.4. The molecule has 1 aliphatic heterocycles. The van der Waals surface area contributed by atoms with Crippen LogP contribution in [-0.4, -0.2) is 25.8 Å². The fourth-order valence-electron chi connectivity index (χ4n) is 3.30. The van der Waals surface area contributed by atoms with Gasteiger partial charge in [0.15, 0.2) is 0 Å². The van der Waals surface area contributed by atoms with Gasteiger partial charge in [-0.05, 0) is 36.3 Å². The molecule has 0 atom stereocenters. The Balaban J connectivity index is 1.71. The van der Waals surface area contributed by atoms with Crippen LogP contribution in [0.25, 0.3) is 0 Å². The first-order valence-corrected chi connectivity index (χ1v) is 8.51.